The predicted octanol–water partition coefficient (Wildman–Crippen LogP) is 4.49. The van der Waals surface area contributed by atoms with Gasteiger partial charge in [0.15, 0.2) is 0 Å². The van der Waals surface area contributed by atoms with Crippen LogP contribution in [0, 0.1) is 6.92 Å². The number of H-pyrrole nitrogens is 1. The molecule has 114 valence electrons. The van der Waals surface area contributed by atoms with E-state index < -0.39 is 6.36 Å². The van der Waals surface area contributed by atoms with E-state index in [9.17, 15) is 13.2 Å². The summed E-state index contributed by atoms with van der Waals surface area (Å²) in [7, 11) is 0. The number of ether oxygens (including phenoxy) is 1. The first kappa shape index (κ1) is 14.6. The molecule has 2 heterocycles. The molecule has 1 aromatic carbocycles. The molecule has 0 fully saturated rings. The monoisotopic (exact) mass is 327 g/mol. The Morgan fingerprint density at radius 1 is 1.23 bits per heavy atom. The van der Waals surface area contributed by atoms with Gasteiger partial charge in [0.25, 0.3) is 0 Å². The van der Waals surface area contributed by atoms with Gasteiger partial charge in [0, 0.05) is 28.9 Å². The number of aryl methyl sites for hydroxylation is 1. The van der Waals surface area contributed by atoms with Crippen LogP contribution >= 0.6 is 11.6 Å². The number of fused-ring (bicyclic) bond motifs is 1. The molecule has 0 radical (unpaired) electrons. The largest absolute Gasteiger partial charge is 0.573 e. The summed E-state index contributed by atoms with van der Waals surface area (Å²) in [5.74, 6) is -0.348. The van der Waals surface area contributed by atoms with Crippen LogP contribution in [0.25, 0.3) is 22.0 Å². The molecular formula is C14H9ClF3N3O. The third kappa shape index (κ3) is 2.71. The second kappa shape index (κ2) is 5.17. The van der Waals surface area contributed by atoms with Crippen molar-refractivity contribution in [3.05, 3.63) is 41.3 Å². The van der Waals surface area contributed by atoms with Gasteiger partial charge in [0.2, 0.25) is 0 Å². The number of halogens is 4. The van der Waals surface area contributed by atoms with Gasteiger partial charge < -0.3 is 4.74 Å². The van der Waals surface area contributed by atoms with Crippen molar-refractivity contribution in [1.82, 2.24) is 15.2 Å². The molecule has 2 aromatic heterocycles. The van der Waals surface area contributed by atoms with Gasteiger partial charge in [-0.05, 0) is 25.1 Å². The van der Waals surface area contributed by atoms with Crippen molar-refractivity contribution in [3.63, 3.8) is 0 Å². The van der Waals surface area contributed by atoms with Gasteiger partial charge in [-0.3, -0.25) is 10.1 Å². The van der Waals surface area contributed by atoms with Crippen molar-refractivity contribution in [2.45, 2.75) is 13.3 Å². The average molecular weight is 328 g/mol. The highest BCUT2D eigenvalue weighted by atomic mass is 35.5. The molecule has 0 saturated carbocycles. The molecule has 8 heteroatoms. The van der Waals surface area contributed by atoms with Crippen LogP contribution in [0.3, 0.4) is 0 Å². The Morgan fingerprint density at radius 2 is 2.00 bits per heavy atom. The van der Waals surface area contributed by atoms with E-state index in [-0.39, 0.29) is 11.3 Å². The Balaban J connectivity index is 2.28. The van der Waals surface area contributed by atoms with E-state index in [0.29, 0.717) is 27.2 Å². The molecule has 0 aliphatic heterocycles. The number of nitrogens with zero attached hydrogens (tertiary/aromatic N) is 2. The average Bonchev–Trinajstić information content (AvgIpc) is 2.83. The van der Waals surface area contributed by atoms with Crippen molar-refractivity contribution >= 4 is 22.5 Å². The molecule has 1 N–H and O–H groups in total. The molecule has 0 saturated heterocycles. The number of benzene rings is 1. The zero-order valence-electron chi connectivity index (χ0n) is 11.2. The first-order valence-corrected chi connectivity index (χ1v) is 6.58. The van der Waals surface area contributed by atoms with E-state index in [1.807, 2.05) is 0 Å². The third-order valence-corrected chi connectivity index (χ3v) is 3.47. The number of aromatic nitrogens is 3. The van der Waals surface area contributed by atoms with Gasteiger partial charge in [-0.2, -0.15) is 5.10 Å². The summed E-state index contributed by atoms with van der Waals surface area (Å²) >= 11 is 6.01. The Kier molecular flexibility index (Phi) is 3.44. The Labute approximate surface area is 127 Å². The molecule has 3 aromatic rings. The fraction of sp³-hybridized carbons (Fsp3) is 0.143. The Bertz CT molecular complexity index is 845. The van der Waals surface area contributed by atoms with E-state index >= 15 is 0 Å². The van der Waals surface area contributed by atoms with Crippen LogP contribution in [0.1, 0.15) is 5.69 Å². The van der Waals surface area contributed by atoms with Gasteiger partial charge in [-0.25, -0.2) is 0 Å². The number of pyridine rings is 1. The zero-order chi connectivity index (χ0) is 15.9. The van der Waals surface area contributed by atoms with Crippen LogP contribution in [0.5, 0.6) is 5.75 Å². The van der Waals surface area contributed by atoms with Crippen molar-refractivity contribution < 1.29 is 17.9 Å². The van der Waals surface area contributed by atoms with Crippen LogP contribution in [-0.4, -0.2) is 21.5 Å². The predicted molar refractivity (Wildman–Crippen MR) is 75.8 cm³/mol. The van der Waals surface area contributed by atoms with Crippen molar-refractivity contribution in [3.8, 4) is 16.9 Å². The second-order valence-corrected chi connectivity index (χ2v) is 5.00. The van der Waals surface area contributed by atoms with E-state index in [1.54, 1.807) is 6.92 Å². The summed E-state index contributed by atoms with van der Waals surface area (Å²) in [6, 6.07) is 4.24. The second-order valence-electron chi connectivity index (χ2n) is 4.59. The van der Waals surface area contributed by atoms with Crippen molar-refractivity contribution in [1.29, 1.82) is 0 Å². The number of hydrogen-bond acceptors (Lipinski definition) is 3. The molecule has 0 aliphatic rings. The molecule has 22 heavy (non-hydrogen) atoms. The van der Waals surface area contributed by atoms with Crippen LogP contribution in [0.15, 0.2) is 30.6 Å². The highest BCUT2D eigenvalue weighted by Crippen LogP contribution is 2.39. The molecular weight excluding hydrogens is 319 g/mol. The minimum atomic E-state index is -4.81. The molecule has 3 rings (SSSR count). The minimum Gasteiger partial charge on any atom is -0.405 e. The summed E-state index contributed by atoms with van der Waals surface area (Å²) in [6.45, 7) is 1.68. The SMILES string of the molecule is Cc1n[nH]cc1-c1cc2nccc(Cl)c2cc1OC(F)(F)F. The standard InChI is InChI=1S/C14H9ClF3N3O/c1-7-10(6-20-21-7)8-4-12-9(11(15)2-3-19-12)5-13(8)22-14(16,17)18/h2-6H,1H3,(H,20,21). The minimum absolute atomic E-state index is 0.242. The summed E-state index contributed by atoms with van der Waals surface area (Å²) in [5, 5.41) is 7.21. The van der Waals surface area contributed by atoms with Crippen LogP contribution < -0.4 is 4.74 Å². The Morgan fingerprint density at radius 3 is 2.64 bits per heavy atom. The lowest BCUT2D eigenvalue weighted by Gasteiger charge is -2.14. The number of alkyl halides is 3. The number of aromatic amines is 1. The smallest absolute Gasteiger partial charge is 0.405 e. The first-order valence-electron chi connectivity index (χ1n) is 6.20. The summed E-state index contributed by atoms with van der Waals surface area (Å²) in [5.41, 5.74) is 1.76. The molecule has 0 atom stereocenters. The van der Waals surface area contributed by atoms with Crippen LogP contribution in [0.2, 0.25) is 5.02 Å². The van der Waals surface area contributed by atoms with Crippen LogP contribution in [-0.2, 0) is 0 Å². The first-order chi connectivity index (χ1) is 10.3. The van der Waals surface area contributed by atoms with Gasteiger partial charge in [-0.15, -0.1) is 13.2 Å². The quantitative estimate of drug-likeness (QED) is 0.754. The lowest BCUT2D eigenvalue weighted by atomic mass is 10.0. The van der Waals surface area contributed by atoms with E-state index in [0.717, 1.165) is 0 Å². The fourth-order valence-electron chi connectivity index (χ4n) is 2.19. The van der Waals surface area contributed by atoms with Gasteiger partial charge >= 0.3 is 6.36 Å². The molecule has 0 bridgehead atoms. The maximum atomic E-state index is 12.7. The fourth-order valence-corrected chi connectivity index (χ4v) is 2.40. The molecule has 4 nitrogen and oxygen atoms in total. The number of hydrogen-bond donors (Lipinski definition) is 1. The van der Waals surface area contributed by atoms with Crippen LogP contribution in [0.4, 0.5) is 13.2 Å². The normalized spacial score (nSPS) is 11.9. The summed E-state index contributed by atoms with van der Waals surface area (Å²) in [4.78, 5) is 4.13. The molecule has 0 amide bonds. The van der Waals surface area contributed by atoms with E-state index in [4.69, 9.17) is 11.6 Å². The Hall–Kier alpha value is -2.28. The van der Waals surface area contributed by atoms with Crippen molar-refractivity contribution in [2.24, 2.45) is 0 Å². The lowest BCUT2D eigenvalue weighted by molar-refractivity contribution is -0.274. The highest BCUT2D eigenvalue weighted by molar-refractivity contribution is 6.35. The topological polar surface area (TPSA) is 50.8 Å². The van der Waals surface area contributed by atoms with Gasteiger partial charge in [-0.1, -0.05) is 11.6 Å². The summed E-state index contributed by atoms with van der Waals surface area (Å²) < 4.78 is 42.2. The molecule has 0 aliphatic carbocycles. The van der Waals surface area contributed by atoms with Gasteiger partial charge in [0.05, 0.1) is 16.2 Å². The maximum Gasteiger partial charge on any atom is 0.573 e. The molecule has 0 unspecified atom stereocenters. The summed E-state index contributed by atoms with van der Waals surface area (Å²) in [6.07, 6.45) is -1.82. The molecule has 0 spiro atoms. The van der Waals surface area contributed by atoms with E-state index in [1.165, 1.54) is 30.6 Å². The van der Waals surface area contributed by atoms with E-state index in [2.05, 4.69) is 19.9 Å². The number of rotatable bonds is 2. The van der Waals surface area contributed by atoms with Crippen molar-refractivity contribution in [2.75, 3.05) is 0 Å². The van der Waals surface area contributed by atoms with Gasteiger partial charge in [0.1, 0.15) is 5.75 Å². The maximum absolute atomic E-state index is 12.7. The zero-order valence-corrected chi connectivity index (χ0v) is 12.0. The third-order valence-electron chi connectivity index (χ3n) is 3.14. The number of nitrogens with one attached hydrogen (secondary N) is 1. The highest BCUT2D eigenvalue weighted by Gasteiger charge is 2.33. The lowest BCUT2D eigenvalue weighted by Crippen LogP contribution is -2.17.